The third kappa shape index (κ3) is 2.55. The maximum absolute atomic E-state index is 10.4. The van der Waals surface area contributed by atoms with Gasteiger partial charge in [-0.2, -0.15) is 0 Å². The van der Waals surface area contributed by atoms with E-state index in [0.717, 1.165) is 0 Å². The van der Waals surface area contributed by atoms with Gasteiger partial charge in [0.25, 0.3) is 0 Å². The van der Waals surface area contributed by atoms with Gasteiger partial charge < -0.3 is 15.3 Å². The zero-order valence-electron chi connectivity index (χ0n) is 5.82. The SMILES string of the molecule is [2H]CC(=O)[C@@H](O)[C@H](O)CO. The number of hydrogen-bond donors (Lipinski definition) is 3. The van der Waals surface area contributed by atoms with Gasteiger partial charge in [0, 0.05) is 1.37 Å². The van der Waals surface area contributed by atoms with Crippen LogP contribution in [0.25, 0.3) is 0 Å². The van der Waals surface area contributed by atoms with Gasteiger partial charge in [-0.25, -0.2) is 0 Å². The Morgan fingerprint density at radius 3 is 2.67 bits per heavy atom. The molecule has 2 atom stereocenters. The number of hydrogen-bond acceptors (Lipinski definition) is 4. The highest BCUT2D eigenvalue weighted by molar-refractivity contribution is 5.80. The lowest BCUT2D eigenvalue weighted by Gasteiger charge is -2.10. The van der Waals surface area contributed by atoms with E-state index in [9.17, 15) is 4.79 Å². The fourth-order valence-corrected chi connectivity index (χ4v) is 0.314. The summed E-state index contributed by atoms with van der Waals surface area (Å²) < 4.78 is 6.51. The van der Waals surface area contributed by atoms with Gasteiger partial charge in [-0.05, 0) is 6.90 Å². The molecule has 9 heavy (non-hydrogen) atoms. The van der Waals surface area contributed by atoms with Crippen molar-refractivity contribution in [1.29, 1.82) is 0 Å². The molecule has 0 heterocycles. The van der Waals surface area contributed by atoms with E-state index in [-0.39, 0.29) is 0 Å². The molecule has 0 aliphatic heterocycles. The van der Waals surface area contributed by atoms with E-state index in [0.29, 0.717) is 0 Å². The van der Waals surface area contributed by atoms with E-state index in [1.807, 2.05) is 0 Å². The van der Waals surface area contributed by atoms with E-state index in [2.05, 4.69) is 0 Å². The molecule has 0 aromatic heterocycles. The second kappa shape index (κ2) is 3.55. The van der Waals surface area contributed by atoms with Gasteiger partial charge in [0.15, 0.2) is 5.78 Å². The summed E-state index contributed by atoms with van der Waals surface area (Å²) in [5.74, 6) is -0.790. The van der Waals surface area contributed by atoms with E-state index < -0.39 is 31.5 Å². The molecule has 4 heteroatoms. The topological polar surface area (TPSA) is 77.8 Å². The Kier molecular flexibility index (Phi) is 2.63. The molecule has 3 N–H and O–H groups in total. The Hall–Kier alpha value is -0.450. The van der Waals surface area contributed by atoms with Crippen LogP contribution in [0.4, 0.5) is 0 Å². The van der Waals surface area contributed by atoms with Crippen molar-refractivity contribution in [3.63, 3.8) is 0 Å². The average molecular weight is 135 g/mol. The average Bonchev–Trinajstić information content (AvgIpc) is 2.00. The summed E-state index contributed by atoms with van der Waals surface area (Å²) in [4.78, 5) is 10.4. The predicted molar refractivity (Wildman–Crippen MR) is 29.8 cm³/mol. The molecular weight excluding hydrogens is 124 g/mol. The molecule has 4 nitrogen and oxygen atoms in total. The first-order valence-corrected chi connectivity index (χ1v) is 2.42. The summed E-state index contributed by atoms with van der Waals surface area (Å²) in [6.07, 6.45) is -3.08. The van der Waals surface area contributed by atoms with Crippen LogP contribution < -0.4 is 0 Å². The van der Waals surface area contributed by atoms with Crippen molar-refractivity contribution in [1.82, 2.24) is 0 Å². The number of Topliss-reactive ketones (excluding diaryl/α,β-unsaturated/α-hetero) is 1. The monoisotopic (exact) mass is 135 g/mol. The summed E-state index contributed by atoms with van der Waals surface area (Å²) in [5, 5.41) is 25.6. The molecule has 0 saturated carbocycles. The van der Waals surface area contributed by atoms with Gasteiger partial charge in [0.1, 0.15) is 12.2 Å². The second-order valence-electron chi connectivity index (χ2n) is 1.66. The van der Waals surface area contributed by atoms with Crippen LogP contribution in [-0.4, -0.2) is 39.9 Å². The molecule has 0 rings (SSSR count). The highest BCUT2D eigenvalue weighted by atomic mass is 16.4. The second-order valence-corrected chi connectivity index (χ2v) is 1.66. The zero-order chi connectivity index (χ0) is 8.15. The molecule has 0 saturated heterocycles. The van der Waals surface area contributed by atoms with Gasteiger partial charge in [0.2, 0.25) is 0 Å². The summed E-state index contributed by atoms with van der Waals surface area (Å²) in [7, 11) is 0. The van der Waals surface area contributed by atoms with E-state index in [1.165, 1.54) is 0 Å². The van der Waals surface area contributed by atoms with Crippen LogP contribution in [0.15, 0.2) is 0 Å². The van der Waals surface area contributed by atoms with Crippen LogP contribution in [0, 0.1) is 0 Å². The number of aliphatic hydroxyl groups is 3. The van der Waals surface area contributed by atoms with Crippen LogP contribution in [0.1, 0.15) is 8.27 Å². The fourth-order valence-electron chi connectivity index (χ4n) is 0.314. The first kappa shape index (κ1) is 6.67. The molecule has 0 bridgehead atoms. The molecule has 0 spiro atoms. The van der Waals surface area contributed by atoms with Crippen LogP contribution in [-0.2, 0) is 4.79 Å². The first-order chi connectivity index (χ1) is 4.63. The summed E-state index contributed by atoms with van der Waals surface area (Å²) in [6, 6.07) is 0. The lowest BCUT2D eigenvalue weighted by molar-refractivity contribution is -0.132. The molecular formula is C5H10O4. The van der Waals surface area contributed by atoms with Crippen molar-refractivity contribution in [3.05, 3.63) is 0 Å². The minimum atomic E-state index is -1.62. The molecule has 0 aromatic carbocycles. The molecule has 0 amide bonds. The van der Waals surface area contributed by atoms with Crippen molar-refractivity contribution >= 4 is 5.78 Å². The van der Waals surface area contributed by atoms with Crippen LogP contribution in [0.2, 0.25) is 0 Å². The minimum Gasteiger partial charge on any atom is -0.394 e. The minimum absolute atomic E-state index is 0.585. The molecule has 0 radical (unpaired) electrons. The van der Waals surface area contributed by atoms with Gasteiger partial charge >= 0.3 is 0 Å². The summed E-state index contributed by atoms with van der Waals surface area (Å²) in [6.45, 7) is -1.26. The van der Waals surface area contributed by atoms with Crippen molar-refractivity contribution < 1.29 is 21.5 Å². The molecule has 0 aromatic rings. The summed E-state index contributed by atoms with van der Waals surface area (Å²) in [5.41, 5.74) is 0. The van der Waals surface area contributed by atoms with Crippen LogP contribution in [0.3, 0.4) is 0 Å². The Labute approximate surface area is 54.1 Å². The molecule has 0 unspecified atom stereocenters. The van der Waals surface area contributed by atoms with Crippen molar-refractivity contribution in [2.75, 3.05) is 6.61 Å². The van der Waals surface area contributed by atoms with Crippen molar-refractivity contribution in [3.8, 4) is 0 Å². The maximum atomic E-state index is 10.4. The Bertz CT molecular complexity index is 116. The Balaban J connectivity index is 3.81. The van der Waals surface area contributed by atoms with E-state index in [4.69, 9.17) is 16.7 Å². The number of aliphatic hydroxyl groups excluding tert-OH is 3. The molecule has 0 aliphatic carbocycles. The normalized spacial score (nSPS) is 18.3. The predicted octanol–water partition coefficient (Wildman–Crippen LogP) is -1.71. The third-order valence-electron chi connectivity index (χ3n) is 0.881. The van der Waals surface area contributed by atoms with Crippen LogP contribution in [0.5, 0.6) is 0 Å². The van der Waals surface area contributed by atoms with Crippen LogP contribution >= 0.6 is 0 Å². The number of rotatable bonds is 3. The standard InChI is InChI=1S/C5H10O4/c1-3(7)5(9)4(8)2-6/h4-6,8-9H,2H2,1H3/t4-,5-/m1/s1/i1D. The highest BCUT2D eigenvalue weighted by Gasteiger charge is 2.18. The van der Waals surface area contributed by atoms with Gasteiger partial charge in [-0.15, -0.1) is 0 Å². The lowest BCUT2D eigenvalue weighted by atomic mass is 10.1. The van der Waals surface area contributed by atoms with Gasteiger partial charge in [-0.1, -0.05) is 0 Å². The lowest BCUT2D eigenvalue weighted by Crippen LogP contribution is -2.34. The molecule has 0 aliphatic rings. The third-order valence-corrected chi connectivity index (χ3v) is 0.881. The van der Waals surface area contributed by atoms with Crippen molar-refractivity contribution in [2.45, 2.75) is 19.1 Å². The largest absolute Gasteiger partial charge is 0.394 e. The van der Waals surface area contributed by atoms with Gasteiger partial charge in [-0.3, -0.25) is 4.79 Å². The molecule has 54 valence electrons. The van der Waals surface area contributed by atoms with Gasteiger partial charge in [0.05, 0.1) is 6.61 Å². The highest BCUT2D eigenvalue weighted by Crippen LogP contribution is 1.92. The number of carbonyl (C=O) groups excluding carboxylic acids is 1. The molecule has 0 fully saturated rings. The number of carbonyl (C=O) groups is 1. The smallest absolute Gasteiger partial charge is 0.160 e. The zero-order valence-corrected chi connectivity index (χ0v) is 4.82. The summed E-state index contributed by atoms with van der Waals surface area (Å²) >= 11 is 0. The maximum Gasteiger partial charge on any atom is 0.160 e. The fraction of sp³-hybridized carbons (Fsp3) is 0.800. The van der Waals surface area contributed by atoms with E-state index >= 15 is 0 Å². The van der Waals surface area contributed by atoms with E-state index in [1.54, 1.807) is 0 Å². The Morgan fingerprint density at radius 2 is 2.33 bits per heavy atom. The quantitative estimate of drug-likeness (QED) is 0.430. The first-order valence-electron chi connectivity index (χ1n) is 3.13. The van der Waals surface area contributed by atoms with Crippen molar-refractivity contribution in [2.24, 2.45) is 0 Å². The Morgan fingerprint density at radius 1 is 1.78 bits per heavy atom. The number of ketones is 1.